The summed E-state index contributed by atoms with van der Waals surface area (Å²) in [6.07, 6.45) is 0. The zero-order chi connectivity index (χ0) is 23.7. The second kappa shape index (κ2) is 8.82. The molecule has 1 N–H and O–H groups in total. The average Bonchev–Trinajstić information content (AvgIpc) is 3.05. The van der Waals surface area contributed by atoms with E-state index < -0.39 is 5.91 Å². The standard InChI is InChI=1S/C27H26N2O4/c1-16-9-11-19(12-10-16)24-25(28-21-15-20(32-4)13-14-23(21)33-5)27(31)29(26(24)30)22-8-6-7-17(2)18(22)3/h6-15,28H,1-5H3. The van der Waals surface area contributed by atoms with Crippen LogP contribution in [0.4, 0.5) is 11.4 Å². The van der Waals surface area contributed by atoms with E-state index >= 15 is 0 Å². The minimum absolute atomic E-state index is 0.191. The minimum Gasteiger partial charge on any atom is -0.497 e. The Morgan fingerprint density at radius 2 is 1.55 bits per heavy atom. The van der Waals surface area contributed by atoms with E-state index in [-0.39, 0.29) is 11.6 Å². The van der Waals surface area contributed by atoms with Crippen LogP contribution in [0, 0.1) is 20.8 Å². The highest BCUT2D eigenvalue weighted by Crippen LogP contribution is 2.38. The molecule has 0 unspecified atom stereocenters. The smallest absolute Gasteiger partial charge is 0.282 e. The van der Waals surface area contributed by atoms with Crippen LogP contribution in [0.3, 0.4) is 0 Å². The van der Waals surface area contributed by atoms with Gasteiger partial charge in [0.1, 0.15) is 17.2 Å². The van der Waals surface area contributed by atoms with Crippen molar-refractivity contribution in [2.24, 2.45) is 0 Å². The summed E-state index contributed by atoms with van der Waals surface area (Å²) in [4.78, 5) is 28.6. The maximum atomic E-state index is 13.7. The molecule has 2 amide bonds. The molecule has 0 fully saturated rings. The summed E-state index contributed by atoms with van der Waals surface area (Å²) in [6.45, 7) is 5.84. The van der Waals surface area contributed by atoms with E-state index in [4.69, 9.17) is 9.47 Å². The number of nitrogens with one attached hydrogen (secondary N) is 1. The molecule has 6 nitrogen and oxygen atoms in total. The first-order valence-electron chi connectivity index (χ1n) is 10.6. The molecule has 1 aliphatic rings. The molecular weight excluding hydrogens is 416 g/mol. The Hall–Kier alpha value is -4.06. The number of aryl methyl sites for hydroxylation is 2. The summed E-state index contributed by atoms with van der Waals surface area (Å²) in [5.74, 6) is 0.326. The fraction of sp³-hybridized carbons (Fsp3) is 0.185. The van der Waals surface area contributed by atoms with Crippen molar-refractivity contribution >= 4 is 28.8 Å². The number of nitrogens with zero attached hydrogens (tertiary/aromatic N) is 1. The molecule has 6 heteroatoms. The number of carbonyl (C=O) groups is 2. The van der Waals surface area contributed by atoms with E-state index in [2.05, 4.69) is 5.32 Å². The van der Waals surface area contributed by atoms with Crippen LogP contribution < -0.4 is 19.7 Å². The molecule has 1 aliphatic heterocycles. The Labute approximate surface area is 193 Å². The van der Waals surface area contributed by atoms with Gasteiger partial charge < -0.3 is 14.8 Å². The molecule has 4 rings (SSSR count). The summed E-state index contributed by atoms with van der Waals surface area (Å²) in [6, 6.07) is 18.4. The lowest BCUT2D eigenvalue weighted by Crippen LogP contribution is -2.33. The highest BCUT2D eigenvalue weighted by Gasteiger charge is 2.41. The Morgan fingerprint density at radius 3 is 2.21 bits per heavy atom. The molecule has 0 aliphatic carbocycles. The van der Waals surface area contributed by atoms with Gasteiger partial charge in [0, 0.05) is 6.07 Å². The van der Waals surface area contributed by atoms with Gasteiger partial charge in [-0.15, -0.1) is 0 Å². The lowest BCUT2D eigenvalue weighted by atomic mass is 10.0. The lowest BCUT2D eigenvalue weighted by molar-refractivity contribution is -0.120. The van der Waals surface area contributed by atoms with Crippen molar-refractivity contribution in [3.8, 4) is 11.5 Å². The predicted molar refractivity (Wildman–Crippen MR) is 130 cm³/mol. The Kier molecular flexibility index (Phi) is 5.92. The van der Waals surface area contributed by atoms with Crippen LogP contribution in [0.1, 0.15) is 22.3 Å². The van der Waals surface area contributed by atoms with Crippen molar-refractivity contribution in [3.63, 3.8) is 0 Å². The molecule has 0 radical (unpaired) electrons. The molecule has 0 spiro atoms. The van der Waals surface area contributed by atoms with Crippen molar-refractivity contribution in [2.45, 2.75) is 20.8 Å². The molecule has 3 aromatic rings. The first kappa shape index (κ1) is 22.1. The van der Waals surface area contributed by atoms with Crippen LogP contribution in [0.15, 0.2) is 66.4 Å². The predicted octanol–water partition coefficient (Wildman–Crippen LogP) is 5.03. The molecule has 3 aromatic carbocycles. The summed E-state index contributed by atoms with van der Waals surface area (Å²) in [7, 11) is 3.11. The van der Waals surface area contributed by atoms with Gasteiger partial charge in [-0.05, 0) is 55.7 Å². The topological polar surface area (TPSA) is 67.9 Å². The summed E-state index contributed by atoms with van der Waals surface area (Å²) in [5, 5.41) is 3.17. The number of anilines is 2. The Balaban J connectivity index is 1.88. The third-order valence-corrected chi connectivity index (χ3v) is 5.91. The monoisotopic (exact) mass is 442 g/mol. The van der Waals surface area contributed by atoms with Gasteiger partial charge in [-0.3, -0.25) is 9.59 Å². The third kappa shape index (κ3) is 3.96. The molecule has 0 saturated heterocycles. The number of amides is 2. The maximum absolute atomic E-state index is 13.7. The van der Waals surface area contributed by atoms with E-state index in [1.165, 1.54) is 4.90 Å². The number of rotatable bonds is 6. The molecule has 33 heavy (non-hydrogen) atoms. The largest absolute Gasteiger partial charge is 0.497 e. The fourth-order valence-electron chi connectivity index (χ4n) is 3.88. The highest BCUT2D eigenvalue weighted by molar-refractivity contribution is 6.46. The summed E-state index contributed by atoms with van der Waals surface area (Å²) >= 11 is 0. The van der Waals surface area contributed by atoms with Crippen molar-refractivity contribution in [1.29, 1.82) is 0 Å². The number of hydrogen-bond acceptors (Lipinski definition) is 5. The first-order chi connectivity index (χ1) is 15.8. The highest BCUT2D eigenvalue weighted by atomic mass is 16.5. The van der Waals surface area contributed by atoms with Gasteiger partial charge in [0.2, 0.25) is 0 Å². The van der Waals surface area contributed by atoms with Gasteiger partial charge in [-0.2, -0.15) is 0 Å². The van der Waals surface area contributed by atoms with E-state index in [0.29, 0.717) is 34.0 Å². The lowest BCUT2D eigenvalue weighted by Gasteiger charge is -2.19. The molecular formula is C27H26N2O4. The second-order valence-corrected chi connectivity index (χ2v) is 7.97. The second-order valence-electron chi connectivity index (χ2n) is 7.97. The van der Waals surface area contributed by atoms with E-state index in [0.717, 1.165) is 16.7 Å². The SMILES string of the molecule is COc1ccc(OC)c(NC2=C(c3ccc(C)cc3)C(=O)N(c3cccc(C)c3C)C2=O)c1. The minimum atomic E-state index is -0.422. The Bertz CT molecular complexity index is 1280. The number of ether oxygens (including phenoxy) is 2. The zero-order valence-electron chi connectivity index (χ0n) is 19.4. The number of imide groups is 1. The Morgan fingerprint density at radius 1 is 0.818 bits per heavy atom. The number of benzene rings is 3. The van der Waals surface area contributed by atoms with Crippen LogP contribution in [0.25, 0.3) is 5.57 Å². The van der Waals surface area contributed by atoms with Gasteiger partial charge >= 0.3 is 0 Å². The van der Waals surface area contributed by atoms with Gasteiger partial charge in [0.25, 0.3) is 11.8 Å². The van der Waals surface area contributed by atoms with Crippen LogP contribution >= 0.6 is 0 Å². The molecule has 168 valence electrons. The van der Waals surface area contributed by atoms with Crippen LogP contribution in [0.5, 0.6) is 11.5 Å². The quantitative estimate of drug-likeness (QED) is 0.543. The third-order valence-electron chi connectivity index (χ3n) is 5.91. The summed E-state index contributed by atoms with van der Waals surface area (Å²) in [5.41, 5.74) is 5.21. The fourth-order valence-corrected chi connectivity index (χ4v) is 3.88. The van der Waals surface area contributed by atoms with E-state index in [1.807, 2.05) is 57.2 Å². The van der Waals surface area contributed by atoms with Crippen molar-refractivity contribution in [2.75, 3.05) is 24.4 Å². The number of carbonyl (C=O) groups excluding carboxylic acids is 2. The number of hydrogen-bond donors (Lipinski definition) is 1. The molecule has 0 saturated carbocycles. The van der Waals surface area contributed by atoms with Crippen molar-refractivity contribution in [1.82, 2.24) is 0 Å². The van der Waals surface area contributed by atoms with Crippen LogP contribution in [0.2, 0.25) is 0 Å². The average molecular weight is 443 g/mol. The van der Waals surface area contributed by atoms with Crippen LogP contribution in [-0.4, -0.2) is 26.0 Å². The van der Waals surface area contributed by atoms with Gasteiger partial charge in [-0.1, -0.05) is 42.0 Å². The van der Waals surface area contributed by atoms with Crippen molar-refractivity contribution in [3.05, 3.63) is 88.6 Å². The maximum Gasteiger partial charge on any atom is 0.282 e. The number of methoxy groups -OCH3 is 2. The van der Waals surface area contributed by atoms with Gasteiger partial charge in [0.05, 0.1) is 31.2 Å². The normalized spacial score (nSPS) is 13.5. The van der Waals surface area contributed by atoms with E-state index in [9.17, 15) is 9.59 Å². The molecule has 0 aromatic heterocycles. The van der Waals surface area contributed by atoms with Gasteiger partial charge in [0.15, 0.2) is 0 Å². The first-order valence-corrected chi connectivity index (χ1v) is 10.6. The molecule has 0 atom stereocenters. The summed E-state index contributed by atoms with van der Waals surface area (Å²) < 4.78 is 10.8. The van der Waals surface area contributed by atoms with E-state index in [1.54, 1.807) is 38.5 Å². The molecule has 0 bridgehead atoms. The molecule has 1 heterocycles. The zero-order valence-corrected chi connectivity index (χ0v) is 19.4. The van der Waals surface area contributed by atoms with Crippen LogP contribution in [-0.2, 0) is 9.59 Å². The van der Waals surface area contributed by atoms with Crippen molar-refractivity contribution < 1.29 is 19.1 Å². The van der Waals surface area contributed by atoms with Gasteiger partial charge in [-0.25, -0.2) is 4.90 Å².